The van der Waals surface area contributed by atoms with Crippen LogP contribution in [0.15, 0.2) is 84.9 Å². The Labute approximate surface area is 193 Å². The molecule has 1 aromatic heterocycles. The van der Waals surface area contributed by atoms with Crippen LogP contribution in [0.1, 0.15) is 20.7 Å². The third-order valence-corrected chi connectivity index (χ3v) is 6.10. The highest BCUT2D eigenvalue weighted by Gasteiger charge is 2.38. The number of aromatic nitrogens is 1. The van der Waals surface area contributed by atoms with Crippen LogP contribution in [0.5, 0.6) is 0 Å². The highest BCUT2D eigenvalue weighted by atomic mass is 32.1. The molecule has 0 atom stereocenters. The Kier molecular flexibility index (Phi) is 4.15. The van der Waals surface area contributed by atoms with Gasteiger partial charge in [0.1, 0.15) is 0 Å². The number of anilines is 1. The molecule has 0 fully saturated rings. The van der Waals surface area contributed by atoms with E-state index < -0.39 is 11.8 Å². The molecule has 0 unspecified atom stereocenters. The first-order valence-electron chi connectivity index (χ1n) is 10.3. The van der Waals surface area contributed by atoms with Crippen LogP contribution in [-0.2, 0) is 0 Å². The summed E-state index contributed by atoms with van der Waals surface area (Å²) in [5.74, 6) is -0.967. The Morgan fingerprint density at radius 1 is 0.788 bits per heavy atom. The van der Waals surface area contributed by atoms with Gasteiger partial charge in [-0.2, -0.15) is 5.01 Å². The van der Waals surface area contributed by atoms with Crippen molar-refractivity contribution in [2.24, 2.45) is 5.73 Å². The number of hydrogen-bond donors (Lipinski definition) is 1. The van der Waals surface area contributed by atoms with Gasteiger partial charge in [-0.25, -0.2) is 9.99 Å². The van der Waals surface area contributed by atoms with Crippen molar-refractivity contribution in [3.8, 4) is 0 Å². The van der Waals surface area contributed by atoms with Gasteiger partial charge in [0.05, 0.1) is 27.8 Å². The average molecular weight is 449 g/mol. The Morgan fingerprint density at radius 3 is 2.09 bits per heavy atom. The molecule has 158 valence electrons. The minimum Gasteiger partial charge on any atom is -0.374 e. The molecule has 7 heteroatoms. The molecule has 0 bridgehead atoms. The zero-order valence-corrected chi connectivity index (χ0v) is 18.0. The summed E-state index contributed by atoms with van der Waals surface area (Å²) in [6, 6.07) is 25.9. The number of nitrogens with zero attached hydrogens (tertiary/aromatic N) is 3. The summed E-state index contributed by atoms with van der Waals surface area (Å²) < 4.78 is 0. The molecule has 2 amide bonds. The number of thiocarbonyl (C=S) groups is 1. The van der Waals surface area contributed by atoms with Crippen molar-refractivity contribution in [3.05, 3.63) is 96.1 Å². The molecule has 0 saturated heterocycles. The quantitative estimate of drug-likeness (QED) is 0.237. The first kappa shape index (κ1) is 19.3. The monoisotopic (exact) mass is 448 g/mol. The third-order valence-electron chi connectivity index (χ3n) is 5.92. The van der Waals surface area contributed by atoms with Gasteiger partial charge in [-0.05, 0) is 54.0 Å². The van der Waals surface area contributed by atoms with Crippen LogP contribution in [0.4, 0.5) is 5.69 Å². The lowest BCUT2D eigenvalue weighted by Gasteiger charge is -2.36. The standard InChI is InChI=1S/C26H16N4O2S/c27-26(33)29(22-13-5-12-21-19(22)14-16-6-1-2-11-20(16)28-21)30-24(31)17-9-3-7-15-8-4-10-18(23(15)17)25(30)32/h1-14H,(H2,27,33). The number of carbonyl (C=O) groups is 2. The molecule has 0 radical (unpaired) electrons. The van der Waals surface area contributed by atoms with Crippen molar-refractivity contribution in [2.45, 2.75) is 0 Å². The largest absolute Gasteiger partial charge is 0.374 e. The highest BCUT2D eigenvalue weighted by Crippen LogP contribution is 2.35. The number of pyridine rings is 1. The fourth-order valence-electron chi connectivity index (χ4n) is 4.49. The molecule has 33 heavy (non-hydrogen) atoms. The molecular weight excluding hydrogens is 432 g/mol. The van der Waals surface area contributed by atoms with Gasteiger partial charge in [0.25, 0.3) is 11.8 Å². The molecular formula is C26H16N4O2S. The van der Waals surface area contributed by atoms with Gasteiger partial charge in [0.15, 0.2) is 5.11 Å². The number of nitrogens with two attached hydrogens (primary N) is 1. The number of fused-ring (bicyclic) bond motifs is 2. The van der Waals surface area contributed by atoms with Crippen molar-refractivity contribution in [1.29, 1.82) is 0 Å². The van der Waals surface area contributed by atoms with Crippen LogP contribution >= 0.6 is 12.2 Å². The van der Waals surface area contributed by atoms with Gasteiger partial charge in [0, 0.05) is 16.2 Å². The second kappa shape index (κ2) is 7.08. The van der Waals surface area contributed by atoms with Gasteiger partial charge in [0.2, 0.25) is 0 Å². The molecule has 2 N–H and O–H groups in total. The summed E-state index contributed by atoms with van der Waals surface area (Å²) in [5.41, 5.74) is 9.03. The summed E-state index contributed by atoms with van der Waals surface area (Å²) in [6.45, 7) is 0. The maximum Gasteiger partial charge on any atom is 0.280 e. The number of carbonyl (C=O) groups excluding carboxylic acids is 2. The van der Waals surface area contributed by atoms with E-state index in [1.165, 1.54) is 5.01 Å². The van der Waals surface area contributed by atoms with Crippen molar-refractivity contribution in [1.82, 2.24) is 9.99 Å². The zero-order chi connectivity index (χ0) is 22.7. The SMILES string of the molecule is NC(=S)N(c1cccc2nc3ccccc3cc12)N1C(=O)c2cccc3cccc(c23)C1=O. The Bertz CT molecular complexity index is 1610. The fraction of sp³-hybridized carbons (Fsp3) is 0. The lowest BCUT2D eigenvalue weighted by atomic mass is 9.95. The van der Waals surface area contributed by atoms with Gasteiger partial charge in [-0.3, -0.25) is 9.59 Å². The Balaban J connectivity index is 1.60. The van der Waals surface area contributed by atoms with Crippen LogP contribution < -0.4 is 10.7 Å². The number of amides is 2. The molecule has 2 heterocycles. The second-order valence-electron chi connectivity index (χ2n) is 7.81. The molecule has 6 rings (SSSR count). The maximum absolute atomic E-state index is 13.6. The molecule has 1 aliphatic rings. The lowest BCUT2D eigenvalue weighted by Crippen LogP contribution is -2.56. The number of imide groups is 1. The van der Waals surface area contributed by atoms with Crippen molar-refractivity contribution < 1.29 is 9.59 Å². The molecule has 0 saturated carbocycles. The summed E-state index contributed by atoms with van der Waals surface area (Å²) in [5, 5.41) is 5.34. The molecule has 0 spiro atoms. The summed E-state index contributed by atoms with van der Waals surface area (Å²) in [4.78, 5) is 32.0. The molecule has 4 aromatic carbocycles. The highest BCUT2D eigenvalue weighted by molar-refractivity contribution is 7.80. The number of hydrazine groups is 1. The van der Waals surface area contributed by atoms with Gasteiger partial charge in [-0.15, -0.1) is 0 Å². The zero-order valence-electron chi connectivity index (χ0n) is 17.2. The molecule has 0 aliphatic carbocycles. The van der Waals surface area contributed by atoms with E-state index in [4.69, 9.17) is 22.9 Å². The van der Waals surface area contributed by atoms with Crippen LogP contribution in [0.2, 0.25) is 0 Å². The minimum absolute atomic E-state index is 0.121. The van der Waals surface area contributed by atoms with Crippen molar-refractivity contribution >= 4 is 67.4 Å². The normalized spacial score (nSPS) is 13.2. The van der Waals surface area contributed by atoms with Crippen LogP contribution in [0.3, 0.4) is 0 Å². The van der Waals surface area contributed by atoms with Crippen molar-refractivity contribution in [3.63, 3.8) is 0 Å². The van der Waals surface area contributed by atoms with E-state index in [9.17, 15) is 9.59 Å². The van der Waals surface area contributed by atoms with Gasteiger partial charge in [-0.1, -0.05) is 48.5 Å². The van der Waals surface area contributed by atoms with E-state index in [1.54, 1.807) is 36.4 Å². The first-order valence-corrected chi connectivity index (χ1v) is 10.7. The molecule has 1 aliphatic heterocycles. The Morgan fingerprint density at radius 2 is 1.39 bits per heavy atom. The number of hydrogen-bond acceptors (Lipinski definition) is 4. The van der Waals surface area contributed by atoms with E-state index in [0.29, 0.717) is 27.7 Å². The molecule has 5 aromatic rings. The number of para-hydroxylation sites is 1. The predicted octanol–water partition coefficient (Wildman–Crippen LogP) is 4.80. The van der Waals surface area contributed by atoms with Crippen molar-refractivity contribution in [2.75, 3.05) is 5.01 Å². The molecule has 6 nitrogen and oxygen atoms in total. The van der Waals surface area contributed by atoms with E-state index in [0.717, 1.165) is 26.7 Å². The van der Waals surface area contributed by atoms with E-state index >= 15 is 0 Å². The smallest absolute Gasteiger partial charge is 0.280 e. The van der Waals surface area contributed by atoms with E-state index in [2.05, 4.69) is 0 Å². The second-order valence-corrected chi connectivity index (χ2v) is 8.22. The van der Waals surface area contributed by atoms with Crippen LogP contribution in [-0.4, -0.2) is 26.9 Å². The fourth-order valence-corrected chi connectivity index (χ4v) is 4.67. The topological polar surface area (TPSA) is 79.5 Å². The predicted molar refractivity (Wildman–Crippen MR) is 133 cm³/mol. The Hall–Kier alpha value is -4.36. The van der Waals surface area contributed by atoms with Gasteiger partial charge >= 0.3 is 0 Å². The number of benzene rings is 4. The van der Waals surface area contributed by atoms with Crippen LogP contribution in [0.25, 0.3) is 32.6 Å². The summed E-state index contributed by atoms with van der Waals surface area (Å²) in [6.07, 6.45) is 0. The summed E-state index contributed by atoms with van der Waals surface area (Å²) in [7, 11) is 0. The van der Waals surface area contributed by atoms with Gasteiger partial charge < -0.3 is 5.73 Å². The minimum atomic E-state index is -0.483. The number of rotatable bonds is 2. The maximum atomic E-state index is 13.6. The van der Waals surface area contributed by atoms with E-state index in [-0.39, 0.29) is 5.11 Å². The van der Waals surface area contributed by atoms with Crippen LogP contribution in [0, 0.1) is 0 Å². The first-order chi connectivity index (χ1) is 16.0. The average Bonchev–Trinajstić information content (AvgIpc) is 2.83. The summed E-state index contributed by atoms with van der Waals surface area (Å²) >= 11 is 5.36. The van der Waals surface area contributed by atoms with E-state index in [1.807, 2.05) is 48.5 Å². The lowest BCUT2D eigenvalue weighted by molar-refractivity contribution is 0.0616. The third kappa shape index (κ3) is 2.79.